The summed E-state index contributed by atoms with van der Waals surface area (Å²) >= 11 is 0. The van der Waals surface area contributed by atoms with Crippen LogP contribution < -0.4 is 5.32 Å². The van der Waals surface area contributed by atoms with E-state index in [1.165, 1.54) is 25.7 Å². The molecule has 1 fully saturated rings. The number of esters is 1. The van der Waals surface area contributed by atoms with E-state index >= 15 is 0 Å². The van der Waals surface area contributed by atoms with Gasteiger partial charge in [0.25, 0.3) is 0 Å². The molecule has 1 rings (SSSR count). The Balaban J connectivity index is 2.40. The maximum absolute atomic E-state index is 12.2. The van der Waals surface area contributed by atoms with Crippen molar-refractivity contribution in [2.24, 2.45) is 11.8 Å². The molecule has 1 aliphatic heterocycles. The first-order valence-electron chi connectivity index (χ1n) is 8.20. The molecular formula is C17H29NO3. The largest absolute Gasteiger partial charge is 0.461 e. The summed E-state index contributed by atoms with van der Waals surface area (Å²) in [5, 5.41) is 2.78. The van der Waals surface area contributed by atoms with Gasteiger partial charge in [0, 0.05) is 6.54 Å². The summed E-state index contributed by atoms with van der Waals surface area (Å²) in [4.78, 5) is 23.9. The van der Waals surface area contributed by atoms with Gasteiger partial charge >= 0.3 is 5.97 Å². The van der Waals surface area contributed by atoms with Crippen LogP contribution >= 0.6 is 0 Å². The monoisotopic (exact) mass is 295 g/mol. The van der Waals surface area contributed by atoms with Crippen LogP contribution in [0.15, 0.2) is 12.7 Å². The highest BCUT2D eigenvalue weighted by molar-refractivity contribution is 5.88. The van der Waals surface area contributed by atoms with Gasteiger partial charge in [0.05, 0.1) is 11.8 Å². The number of hydrogen-bond acceptors (Lipinski definition) is 3. The number of carbonyl (C=O) groups is 2. The summed E-state index contributed by atoms with van der Waals surface area (Å²) in [6.45, 7) is 7.99. The molecule has 0 spiro atoms. The van der Waals surface area contributed by atoms with E-state index in [9.17, 15) is 9.59 Å². The number of cyclic esters (lactones) is 1. The van der Waals surface area contributed by atoms with Crippen LogP contribution in [-0.2, 0) is 14.3 Å². The Labute approximate surface area is 128 Å². The van der Waals surface area contributed by atoms with Gasteiger partial charge in [-0.3, -0.25) is 9.59 Å². The predicted octanol–water partition coefficient (Wildman–Crippen LogP) is 3.22. The number of nitrogens with one attached hydrogen (secondary N) is 1. The van der Waals surface area contributed by atoms with E-state index in [-0.39, 0.29) is 29.8 Å². The van der Waals surface area contributed by atoms with Gasteiger partial charge in [-0.25, -0.2) is 0 Å². The maximum atomic E-state index is 12.2. The van der Waals surface area contributed by atoms with Crippen LogP contribution in [0.5, 0.6) is 0 Å². The van der Waals surface area contributed by atoms with E-state index in [4.69, 9.17) is 4.74 Å². The Kier molecular flexibility index (Phi) is 8.09. The van der Waals surface area contributed by atoms with Crippen molar-refractivity contribution in [3.63, 3.8) is 0 Å². The van der Waals surface area contributed by atoms with Crippen molar-refractivity contribution in [2.45, 2.75) is 64.9 Å². The zero-order chi connectivity index (χ0) is 15.7. The van der Waals surface area contributed by atoms with E-state index in [2.05, 4.69) is 18.8 Å². The lowest BCUT2D eigenvalue weighted by Crippen LogP contribution is -2.38. The summed E-state index contributed by atoms with van der Waals surface area (Å²) in [7, 11) is 0. The van der Waals surface area contributed by atoms with E-state index in [0.717, 1.165) is 19.3 Å². The van der Waals surface area contributed by atoms with E-state index in [1.54, 1.807) is 13.0 Å². The fourth-order valence-corrected chi connectivity index (χ4v) is 2.85. The second-order valence-corrected chi connectivity index (χ2v) is 5.88. The standard InChI is InChI=1S/C17H29NO3/c1-4-6-7-8-9-10-11-14-15(13(3)17(20)21-14)16(19)18-12-5-2/h5,13-15H,2,4,6-12H2,1,3H3,(H,18,19)/t13-,14-,15?/m0/s1. The lowest BCUT2D eigenvalue weighted by Gasteiger charge is -2.18. The summed E-state index contributed by atoms with van der Waals surface area (Å²) in [5.41, 5.74) is 0. The molecule has 4 heteroatoms. The van der Waals surface area contributed by atoms with Gasteiger partial charge in [0.2, 0.25) is 5.91 Å². The molecule has 120 valence electrons. The highest BCUT2D eigenvalue weighted by Crippen LogP contribution is 2.31. The third-order valence-corrected chi connectivity index (χ3v) is 4.14. The Morgan fingerprint density at radius 3 is 2.62 bits per heavy atom. The van der Waals surface area contributed by atoms with Crippen molar-refractivity contribution in [1.29, 1.82) is 0 Å². The first kappa shape index (κ1) is 17.7. The topological polar surface area (TPSA) is 55.4 Å². The van der Waals surface area contributed by atoms with Gasteiger partial charge in [-0.2, -0.15) is 0 Å². The minimum Gasteiger partial charge on any atom is -0.461 e. The molecule has 0 radical (unpaired) electrons. The Morgan fingerprint density at radius 1 is 1.29 bits per heavy atom. The summed E-state index contributed by atoms with van der Waals surface area (Å²) in [6, 6.07) is 0. The molecule has 1 unspecified atom stereocenters. The molecule has 0 aliphatic carbocycles. The van der Waals surface area contributed by atoms with Crippen LogP contribution in [0.1, 0.15) is 58.8 Å². The quantitative estimate of drug-likeness (QED) is 0.382. The van der Waals surface area contributed by atoms with Gasteiger partial charge in [0.15, 0.2) is 0 Å². The molecule has 3 atom stereocenters. The van der Waals surface area contributed by atoms with Crippen LogP contribution in [0.25, 0.3) is 0 Å². The van der Waals surface area contributed by atoms with Gasteiger partial charge in [-0.1, -0.05) is 52.0 Å². The molecule has 0 bridgehead atoms. The van der Waals surface area contributed by atoms with Crippen molar-refractivity contribution in [1.82, 2.24) is 5.32 Å². The van der Waals surface area contributed by atoms with Crippen LogP contribution in [0.4, 0.5) is 0 Å². The number of unbranched alkanes of at least 4 members (excludes halogenated alkanes) is 5. The molecule has 0 saturated carbocycles. The molecule has 4 nitrogen and oxygen atoms in total. The van der Waals surface area contributed by atoms with Crippen molar-refractivity contribution in [3.8, 4) is 0 Å². The SMILES string of the molecule is C=CCNC(=O)C1[C@H](CCCCCCCC)OC(=O)[C@H]1C. The van der Waals surface area contributed by atoms with Crippen molar-refractivity contribution in [2.75, 3.05) is 6.54 Å². The van der Waals surface area contributed by atoms with Gasteiger partial charge < -0.3 is 10.1 Å². The zero-order valence-corrected chi connectivity index (χ0v) is 13.4. The van der Waals surface area contributed by atoms with Gasteiger partial charge in [-0.15, -0.1) is 6.58 Å². The fourth-order valence-electron chi connectivity index (χ4n) is 2.85. The first-order chi connectivity index (χ1) is 10.1. The van der Waals surface area contributed by atoms with Gasteiger partial charge in [-0.05, 0) is 12.8 Å². The number of hydrogen-bond donors (Lipinski definition) is 1. The molecule has 0 aromatic carbocycles. The zero-order valence-electron chi connectivity index (χ0n) is 13.4. The van der Waals surface area contributed by atoms with Crippen LogP contribution in [0.3, 0.4) is 0 Å². The Bertz CT molecular complexity index is 354. The lowest BCUT2D eigenvalue weighted by atomic mass is 9.88. The van der Waals surface area contributed by atoms with Crippen LogP contribution in [0.2, 0.25) is 0 Å². The molecular weight excluding hydrogens is 266 g/mol. The van der Waals surface area contributed by atoms with E-state index in [1.807, 2.05) is 0 Å². The highest BCUT2D eigenvalue weighted by atomic mass is 16.6. The summed E-state index contributed by atoms with van der Waals surface area (Å²) < 4.78 is 5.39. The fraction of sp³-hybridized carbons (Fsp3) is 0.765. The minimum atomic E-state index is -0.354. The summed E-state index contributed by atoms with van der Waals surface area (Å²) in [5.74, 6) is -1.04. The molecule has 0 aromatic heterocycles. The molecule has 1 heterocycles. The van der Waals surface area contributed by atoms with E-state index in [0.29, 0.717) is 6.54 Å². The molecule has 1 saturated heterocycles. The van der Waals surface area contributed by atoms with Crippen LogP contribution in [0, 0.1) is 11.8 Å². The summed E-state index contributed by atoms with van der Waals surface area (Å²) in [6.07, 6.45) is 9.33. The van der Waals surface area contributed by atoms with E-state index < -0.39 is 0 Å². The normalized spacial score (nSPS) is 24.7. The Hall–Kier alpha value is -1.32. The van der Waals surface area contributed by atoms with Crippen molar-refractivity contribution < 1.29 is 14.3 Å². The smallest absolute Gasteiger partial charge is 0.309 e. The predicted molar refractivity (Wildman–Crippen MR) is 83.7 cm³/mol. The number of rotatable bonds is 10. The number of carbonyl (C=O) groups excluding carboxylic acids is 2. The molecule has 1 N–H and O–H groups in total. The van der Waals surface area contributed by atoms with Crippen molar-refractivity contribution >= 4 is 11.9 Å². The molecule has 21 heavy (non-hydrogen) atoms. The second kappa shape index (κ2) is 9.59. The third-order valence-electron chi connectivity index (χ3n) is 4.14. The maximum Gasteiger partial charge on any atom is 0.309 e. The number of amides is 1. The second-order valence-electron chi connectivity index (χ2n) is 5.88. The molecule has 1 amide bonds. The third kappa shape index (κ3) is 5.52. The number of ether oxygens (including phenoxy) is 1. The average Bonchev–Trinajstić information content (AvgIpc) is 2.75. The molecule has 0 aromatic rings. The first-order valence-corrected chi connectivity index (χ1v) is 8.20. The average molecular weight is 295 g/mol. The van der Waals surface area contributed by atoms with Crippen LogP contribution in [-0.4, -0.2) is 24.5 Å². The lowest BCUT2D eigenvalue weighted by molar-refractivity contribution is -0.144. The van der Waals surface area contributed by atoms with Gasteiger partial charge in [0.1, 0.15) is 6.10 Å². The molecule has 1 aliphatic rings. The minimum absolute atomic E-state index is 0.0933. The Morgan fingerprint density at radius 2 is 1.95 bits per heavy atom. The highest BCUT2D eigenvalue weighted by Gasteiger charge is 2.45. The van der Waals surface area contributed by atoms with Crippen molar-refractivity contribution in [3.05, 3.63) is 12.7 Å².